The molecule has 0 amide bonds. The lowest BCUT2D eigenvalue weighted by Crippen LogP contribution is -1.96. The smallest absolute Gasteiger partial charge is 0.0696 e. The van der Waals surface area contributed by atoms with Crippen molar-refractivity contribution in [1.29, 1.82) is 0 Å². The fourth-order valence-electron chi connectivity index (χ4n) is 1.70. The van der Waals surface area contributed by atoms with E-state index in [1.807, 2.05) is 18.5 Å². The van der Waals surface area contributed by atoms with Gasteiger partial charge in [-0.2, -0.15) is 0 Å². The number of aliphatic hydroxyl groups excluding tert-OH is 1. The summed E-state index contributed by atoms with van der Waals surface area (Å²) < 4.78 is 2.08. The van der Waals surface area contributed by atoms with E-state index < -0.39 is 0 Å². The van der Waals surface area contributed by atoms with Crippen molar-refractivity contribution < 1.29 is 5.11 Å². The van der Waals surface area contributed by atoms with Crippen LogP contribution in [-0.4, -0.2) is 9.67 Å². The van der Waals surface area contributed by atoms with Gasteiger partial charge in [0.05, 0.1) is 6.61 Å². The normalized spacial score (nSPS) is 10.5. The molecule has 0 unspecified atom stereocenters. The van der Waals surface area contributed by atoms with Gasteiger partial charge in [0.1, 0.15) is 0 Å². The van der Waals surface area contributed by atoms with E-state index in [4.69, 9.17) is 5.11 Å². The van der Waals surface area contributed by atoms with Crippen LogP contribution in [0.4, 0.5) is 0 Å². The van der Waals surface area contributed by atoms with E-state index in [-0.39, 0.29) is 6.61 Å². The van der Waals surface area contributed by atoms with Crippen molar-refractivity contribution in [2.75, 3.05) is 0 Å². The summed E-state index contributed by atoms with van der Waals surface area (Å²) >= 11 is 0. The Morgan fingerprint density at radius 3 is 2.73 bits per heavy atom. The van der Waals surface area contributed by atoms with E-state index in [2.05, 4.69) is 35.8 Å². The first kappa shape index (κ1) is 9.99. The maximum atomic E-state index is 8.95. The number of aryl methyl sites for hydroxylation is 1. The third kappa shape index (κ3) is 2.48. The van der Waals surface area contributed by atoms with Gasteiger partial charge in [-0.05, 0) is 24.1 Å². The summed E-state index contributed by atoms with van der Waals surface area (Å²) in [5.74, 6) is 0. The number of aliphatic hydroxyl groups is 1. The standard InChI is InChI=1S/C13H15NO/c1-11-3-2-4-12(7-11)8-14-6-5-13(9-14)10-15/h2-7,9,15H,8,10H2,1H3. The molecule has 0 saturated heterocycles. The molecule has 1 aromatic heterocycles. The molecular formula is C13H15NO. The van der Waals surface area contributed by atoms with Crippen LogP contribution in [0.3, 0.4) is 0 Å². The van der Waals surface area contributed by atoms with Gasteiger partial charge in [0, 0.05) is 18.9 Å². The van der Waals surface area contributed by atoms with E-state index in [1.165, 1.54) is 11.1 Å². The van der Waals surface area contributed by atoms with E-state index >= 15 is 0 Å². The second-order valence-corrected chi connectivity index (χ2v) is 3.84. The molecule has 1 heterocycles. The van der Waals surface area contributed by atoms with Crippen molar-refractivity contribution in [1.82, 2.24) is 4.57 Å². The molecule has 0 radical (unpaired) electrons. The second kappa shape index (κ2) is 4.32. The summed E-state index contributed by atoms with van der Waals surface area (Å²) in [6.07, 6.45) is 3.97. The maximum absolute atomic E-state index is 8.95. The summed E-state index contributed by atoms with van der Waals surface area (Å²) in [4.78, 5) is 0. The molecule has 0 atom stereocenters. The summed E-state index contributed by atoms with van der Waals surface area (Å²) in [5, 5.41) is 8.95. The Hall–Kier alpha value is -1.54. The maximum Gasteiger partial charge on any atom is 0.0696 e. The largest absolute Gasteiger partial charge is 0.392 e. The van der Waals surface area contributed by atoms with Crippen molar-refractivity contribution in [3.8, 4) is 0 Å². The zero-order valence-corrected chi connectivity index (χ0v) is 8.85. The lowest BCUT2D eigenvalue weighted by molar-refractivity contribution is 0.282. The van der Waals surface area contributed by atoms with Crippen LogP contribution in [0.5, 0.6) is 0 Å². The van der Waals surface area contributed by atoms with Crippen LogP contribution >= 0.6 is 0 Å². The van der Waals surface area contributed by atoms with Crippen molar-refractivity contribution in [3.05, 3.63) is 59.4 Å². The molecule has 2 heteroatoms. The molecule has 0 aliphatic rings. The molecule has 0 saturated carbocycles. The van der Waals surface area contributed by atoms with Crippen LogP contribution in [0.25, 0.3) is 0 Å². The molecule has 0 spiro atoms. The number of aromatic nitrogens is 1. The quantitative estimate of drug-likeness (QED) is 0.810. The minimum Gasteiger partial charge on any atom is -0.392 e. The molecule has 0 bridgehead atoms. The lowest BCUT2D eigenvalue weighted by Gasteiger charge is -2.03. The minimum atomic E-state index is 0.112. The van der Waals surface area contributed by atoms with Crippen LogP contribution in [-0.2, 0) is 13.2 Å². The lowest BCUT2D eigenvalue weighted by atomic mass is 10.1. The van der Waals surface area contributed by atoms with Gasteiger partial charge in [-0.3, -0.25) is 0 Å². The predicted molar refractivity (Wildman–Crippen MR) is 60.6 cm³/mol. The second-order valence-electron chi connectivity index (χ2n) is 3.84. The molecule has 1 N–H and O–H groups in total. The first-order chi connectivity index (χ1) is 7.28. The third-order valence-corrected chi connectivity index (χ3v) is 2.44. The Morgan fingerprint density at radius 1 is 1.20 bits per heavy atom. The number of benzene rings is 1. The average molecular weight is 201 g/mol. The summed E-state index contributed by atoms with van der Waals surface area (Å²) in [5.41, 5.74) is 3.53. The van der Waals surface area contributed by atoms with Crippen molar-refractivity contribution >= 4 is 0 Å². The molecule has 2 aromatic rings. The zero-order chi connectivity index (χ0) is 10.7. The van der Waals surface area contributed by atoms with Crippen LogP contribution in [0.2, 0.25) is 0 Å². The highest BCUT2D eigenvalue weighted by Crippen LogP contribution is 2.08. The van der Waals surface area contributed by atoms with Crippen LogP contribution in [0, 0.1) is 6.92 Å². The minimum absolute atomic E-state index is 0.112. The van der Waals surface area contributed by atoms with Gasteiger partial charge >= 0.3 is 0 Å². The number of hydrogen-bond acceptors (Lipinski definition) is 1. The van der Waals surface area contributed by atoms with Crippen LogP contribution < -0.4 is 0 Å². The molecule has 1 aromatic carbocycles. The molecule has 0 fully saturated rings. The Balaban J connectivity index is 2.14. The van der Waals surface area contributed by atoms with Crippen molar-refractivity contribution in [3.63, 3.8) is 0 Å². The summed E-state index contributed by atoms with van der Waals surface area (Å²) in [7, 11) is 0. The topological polar surface area (TPSA) is 25.2 Å². The Labute approximate surface area is 89.8 Å². The molecular weight excluding hydrogens is 186 g/mol. The monoisotopic (exact) mass is 201 g/mol. The zero-order valence-electron chi connectivity index (χ0n) is 8.85. The first-order valence-electron chi connectivity index (χ1n) is 5.09. The van der Waals surface area contributed by atoms with Crippen molar-refractivity contribution in [2.45, 2.75) is 20.1 Å². The highest BCUT2D eigenvalue weighted by Gasteiger charge is 1.97. The SMILES string of the molecule is Cc1cccc(Cn2ccc(CO)c2)c1. The molecule has 78 valence electrons. The van der Waals surface area contributed by atoms with Gasteiger partial charge < -0.3 is 9.67 Å². The molecule has 0 aliphatic heterocycles. The third-order valence-electron chi connectivity index (χ3n) is 2.44. The summed E-state index contributed by atoms with van der Waals surface area (Å²) in [6.45, 7) is 3.07. The molecule has 15 heavy (non-hydrogen) atoms. The summed E-state index contributed by atoms with van der Waals surface area (Å²) in [6, 6.07) is 10.4. The fraction of sp³-hybridized carbons (Fsp3) is 0.231. The Bertz CT molecular complexity index is 445. The predicted octanol–water partition coefficient (Wildman–Crippen LogP) is 2.34. The van der Waals surface area contributed by atoms with E-state index in [1.54, 1.807) is 0 Å². The van der Waals surface area contributed by atoms with Crippen LogP contribution in [0.15, 0.2) is 42.7 Å². The number of hydrogen-bond donors (Lipinski definition) is 1. The van der Waals surface area contributed by atoms with Gasteiger partial charge in [0.25, 0.3) is 0 Å². The highest BCUT2D eigenvalue weighted by atomic mass is 16.3. The van der Waals surface area contributed by atoms with Gasteiger partial charge in [0.15, 0.2) is 0 Å². The number of nitrogens with zero attached hydrogens (tertiary/aromatic N) is 1. The van der Waals surface area contributed by atoms with E-state index in [0.717, 1.165) is 12.1 Å². The highest BCUT2D eigenvalue weighted by molar-refractivity contribution is 5.23. The van der Waals surface area contributed by atoms with Gasteiger partial charge in [-0.25, -0.2) is 0 Å². The Morgan fingerprint density at radius 2 is 2.07 bits per heavy atom. The van der Waals surface area contributed by atoms with Crippen molar-refractivity contribution in [2.24, 2.45) is 0 Å². The van der Waals surface area contributed by atoms with Gasteiger partial charge in [0.2, 0.25) is 0 Å². The van der Waals surface area contributed by atoms with Crippen LogP contribution in [0.1, 0.15) is 16.7 Å². The fourth-order valence-corrected chi connectivity index (χ4v) is 1.70. The van der Waals surface area contributed by atoms with Gasteiger partial charge in [-0.1, -0.05) is 29.8 Å². The van der Waals surface area contributed by atoms with E-state index in [9.17, 15) is 0 Å². The van der Waals surface area contributed by atoms with E-state index in [0.29, 0.717) is 0 Å². The average Bonchev–Trinajstić information content (AvgIpc) is 2.65. The molecule has 2 nitrogen and oxygen atoms in total. The molecule has 0 aliphatic carbocycles. The first-order valence-corrected chi connectivity index (χ1v) is 5.09. The Kier molecular flexibility index (Phi) is 2.88. The molecule has 2 rings (SSSR count). The number of rotatable bonds is 3. The van der Waals surface area contributed by atoms with Gasteiger partial charge in [-0.15, -0.1) is 0 Å².